The lowest BCUT2D eigenvalue weighted by Gasteiger charge is -2.06. The van der Waals surface area contributed by atoms with E-state index in [0.29, 0.717) is 5.69 Å². The molecule has 0 atom stereocenters. The molecule has 0 saturated carbocycles. The highest BCUT2D eigenvalue weighted by Crippen LogP contribution is 2.18. The maximum atomic E-state index is 11.2. The van der Waals surface area contributed by atoms with Crippen molar-refractivity contribution in [2.75, 3.05) is 0 Å². The van der Waals surface area contributed by atoms with Crippen LogP contribution < -0.4 is 0 Å². The van der Waals surface area contributed by atoms with E-state index in [2.05, 4.69) is 16.0 Å². The van der Waals surface area contributed by atoms with Crippen molar-refractivity contribution in [3.05, 3.63) is 71.8 Å². The van der Waals surface area contributed by atoms with Crippen molar-refractivity contribution in [3.8, 4) is 0 Å². The summed E-state index contributed by atoms with van der Waals surface area (Å²) >= 11 is 0. The second-order valence-electron chi connectivity index (χ2n) is 5.58. The monoisotopic (exact) mass is 320 g/mol. The lowest BCUT2D eigenvalue weighted by atomic mass is 10.0. The van der Waals surface area contributed by atoms with E-state index in [0.717, 1.165) is 23.8 Å². The Balaban J connectivity index is 1.68. The van der Waals surface area contributed by atoms with E-state index in [1.165, 1.54) is 10.9 Å². The first-order valence-corrected chi connectivity index (χ1v) is 7.65. The number of pyridine rings is 2. The van der Waals surface area contributed by atoms with Crippen molar-refractivity contribution in [2.24, 2.45) is 0 Å². The Morgan fingerprint density at radius 1 is 0.958 bits per heavy atom. The smallest absolute Gasteiger partial charge is 0.372 e. The van der Waals surface area contributed by atoms with Crippen LogP contribution in [0.1, 0.15) is 16.8 Å². The number of carboxylic acid groups (broad SMARTS) is 1. The molecule has 0 spiro atoms. The molecular formula is C19H16N2O3. The number of carboxylic acids is 1. The van der Waals surface area contributed by atoms with Crippen molar-refractivity contribution in [1.82, 2.24) is 9.97 Å². The molecule has 0 saturated heterocycles. The van der Waals surface area contributed by atoms with Crippen LogP contribution in [0, 0.1) is 0 Å². The molecule has 5 nitrogen and oxygen atoms in total. The minimum Gasteiger partial charge on any atom is -0.475 e. The number of rotatable bonds is 6. The molecule has 0 aliphatic rings. The summed E-state index contributed by atoms with van der Waals surface area (Å²) in [5.41, 5.74) is 2.69. The molecule has 24 heavy (non-hydrogen) atoms. The average molecular weight is 320 g/mol. The van der Waals surface area contributed by atoms with Gasteiger partial charge in [-0.15, -0.1) is 0 Å². The third-order valence-corrected chi connectivity index (χ3v) is 3.90. The molecule has 0 amide bonds. The van der Waals surface area contributed by atoms with E-state index in [1.807, 2.05) is 36.7 Å². The topological polar surface area (TPSA) is 80.1 Å². The number of aryl methyl sites for hydroxylation is 2. The van der Waals surface area contributed by atoms with E-state index in [1.54, 1.807) is 12.3 Å². The van der Waals surface area contributed by atoms with Crippen LogP contribution in [0.3, 0.4) is 0 Å². The molecule has 0 bridgehead atoms. The number of nitrogens with zero attached hydrogens (tertiary/aromatic N) is 2. The quantitative estimate of drug-likeness (QED) is 0.706. The van der Waals surface area contributed by atoms with Gasteiger partial charge in [-0.2, -0.15) is 0 Å². The Kier molecular flexibility index (Phi) is 4.61. The SMILES string of the molecule is O=C(O)C(=O)Cc1ccc(CCc2cncc3ccccc23)cn1. The van der Waals surface area contributed by atoms with Gasteiger partial charge in [0, 0.05) is 29.7 Å². The van der Waals surface area contributed by atoms with Crippen LogP contribution in [0.4, 0.5) is 0 Å². The highest BCUT2D eigenvalue weighted by atomic mass is 16.4. The number of benzene rings is 1. The molecule has 1 aromatic carbocycles. The third-order valence-electron chi connectivity index (χ3n) is 3.90. The maximum Gasteiger partial charge on any atom is 0.372 e. The Morgan fingerprint density at radius 3 is 2.54 bits per heavy atom. The maximum absolute atomic E-state index is 11.2. The fraction of sp³-hybridized carbons (Fsp3) is 0.158. The summed E-state index contributed by atoms with van der Waals surface area (Å²) in [6.45, 7) is 0. The molecule has 0 aliphatic heterocycles. The van der Waals surface area contributed by atoms with Crippen LogP contribution in [0.5, 0.6) is 0 Å². The van der Waals surface area contributed by atoms with Crippen LogP contribution in [0.15, 0.2) is 55.0 Å². The van der Waals surface area contributed by atoms with Gasteiger partial charge in [0.2, 0.25) is 5.78 Å². The summed E-state index contributed by atoms with van der Waals surface area (Å²) < 4.78 is 0. The van der Waals surface area contributed by atoms with Gasteiger partial charge in [0.05, 0.1) is 6.42 Å². The minimum atomic E-state index is -1.43. The number of carbonyl (C=O) groups excluding carboxylic acids is 1. The minimum absolute atomic E-state index is 0.178. The van der Waals surface area contributed by atoms with Gasteiger partial charge < -0.3 is 5.11 Å². The molecule has 5 heteroatoms. The summed E-state index contributed by atoms with van der Waals surface area (Å²) in [5.74, 6) is -2.28. The largest absolute Gasteiger partial charge is 0.475 e. The third kappa shape index (κ3) is 3.63. The Morgan fingerprint density at radius 2 is 1.79 bits per heavy atom. The molecule has 0 unspecified atom stereocenters. The number of hydrogen-bond acceptors (Lipinski definition) is 4. The van der Waals surface area contributed by atoms with Gasteiger partial charge in [0.25, 0.3) is 0 Å². The summed E-state index contributed by atoms with van der Waals surface area (Å²) in [5, 5.41) is 10.9. The number of aromatic nitrogens is 2. The van der Waals surface area contributed by atoms with Crippen molar-refractivity contribution in [2.45, 2.75) is 19.3 Å². The van der Waals surface area contributed by atoms with E-state index in [-0.39, 0.29) is 6.42 Å². The van der Waals surface area contributed by atoms with E-state index in [9.17, 15) is 9.59 Å². The van der Waals surface area contributed by atoms with Crippen LogP contribution in [-0.4, -0.2) is 26.8 Å². The van der Waals surface area contributed by atoms with Crippen LogP contribution in [-0.2, 0) is 28.9 Å². The summed E-state index contributed by atoms with van der Waals surface area (Å²) in [6, 6.07) is 11.7. The second-order valence-corrected chi connectivity index (χ2v) is 5.58. The summed E-state index contributed by atoms with van der Waals surface area (Å²) in [6.07, 6.45) is 6.90. The molecule has 3 rings (SSSR count). The van der Waals surface area contributed by atoms with Crippen LogP contribution in [0.25, 0.3) is 10.8 Å². The van der Waals surface area contributed by atoms with Gasteiger partial charge in [-0.05, 0) is 35.4 Å². The second kappa shape index (κ2) is 7.00. The van der Waals surface area contributed by atoms with Crippen molar-refractivity contribution < 1.29 is 14.7 Å². The number of aliphatic carboxylic acids is 1. The van der Waals surface area contributed by atoms with Crippen molar-refractivity contribution >= 4 is 22.5 Å². The predicted octanol–water partition coefficient (Wildman–Crippen LogP) is 2.61. The van der Waals surface area contributed by atoms with E-state index >= 15 is 0 Å². The van der Waals surface area contributed by atoms with Gasteiger partial charge in [0.15, 0.2) is 0 Å². The first kappa shape index (κ1) is 15.8. The Bertz CT molecular complexity index is 883. The van der Waals surface area contributed by atoms with E-state index in [4.69, 9.17) is 5.11 Å². The molecule has 0 aliphatic carbocycles. The van der Waals surface area contributed by atoms with Crippen molar-refractivity contribution in [1.29, 1.82) is 0 Å². The number of ketones is 1. The first-order valence-electron chi connectivity index (χ1n) is 7.65. The zero-order valence-electron chi connectivity index (χ0n) is 13.0. The highest BCUT2D eigenvalue weighted by molar-refractivity contribution is 6.33. The number of Topliss-reactive ketones (excluding diaryl/α,β-unsaturated/α-hetero) is 1. The molecule has 1 N–H and O–H groups in total. The van der Waals surface area contributed by atoms with Gasteiger partial charge in [-0.1, -0.05) is 30.3 Å². The molecule has 2 heterocycles. The number of fused-ring (bicyclic) bond motifs is 1. The summed E-state index contributed by atoms with van der Waals surface area (Å²) in [7, 11) is 0. The molecule has 3 aromatic rings. The number of carbonyl (C=O) groups is 2. The first-order chi connectivity index (χ1) is 11.6. The fourth-order valence-electron chi connectivity index (χ4n) is 2.61. The standard InChI is InChI=1S/C19H16N2O3/c22-18(19(23)24)9-16-8-6-13(10-21-16)5-7-15-12-20-11-14-3-1-2-4-17(14)15/h1-4,6,8,10-12H,5,7,9H2,(H,23,24). The average Bonchev–Trinajstić information content (AvgIpc) is 2.61. The molecular weight excluding hydrogens is 304 g/mol. The predicted molar refractivity (Wildman–Crippen MR) is 89.7 cm³/mol. The van der Waals surface area contributed by atoms with Crippen LogP contribution in [0.2, 0.25) is 0 Å². The molecule has 120 valence electrons. The van der Waals surface area contributed by atoms with Crippen molar-refractivity contribution in [3.63, 3.8) is 0 Å². The van der Waals surface area contributed by atoms with E-state index < -0.39 is 11.8 Å². The van der Waals surface area contributed by atoms with Gasteiger partial charge in [0.1, 0.15) is 0 Å². The van der Waals surface area contributed by atoms with Gasteiger partial charge in [-0.25, -0.2) is 4.79 Å². The van der Waals surface area contributed by atoms with Crippen LogP contribution >= 0.6 is 0 Å². The molecule has 0 fully saturated rings. The normalized spacial score (nSPS) is 10.7. The zero-order valence-corrected chi connectivity index (χ0v) is 13.0. The lowest BCUT2D eigenvalue weighted by Crippen LogP contribution is -2.15. The van der Waals surface area contributed by atoms with Gasteiger partial charge in [-0.3, -0.25) is 14.8 Å². The zero-order chi connectivity index (χ0) is 16.9. The Hall–Kier alpha value is -3.08. The van der Waals surface area contributed by atoms with Gasteiger partial charge >= 0.3 is 5.97 Å². The molecule has 2 aromatic heterocycles. The fourth-order valence-corrected chi connectivity index (χ4v) is 2.61. The molecule has 0 radical (unpaired) electrons. The number of hydrogen-bond donors (Lipinski definition) is 1. The lowest BCUT2D eigenvalue weighted by molar-refractivity contribution is -0.148. The highest BCUT2D eigenvalue weighted by Gasteiger charge is 2.12. The Labute approximate surface area is 139 Å². The summed E-state index contributed by atoms with van der Waals surface area (Å²) in [4.78, 5) is 30.2.